The maximum absolute atomic E-state index is 13.7. The predicted molar refractivity (Wildman–Crippen MR) is 88.9 cm³/mol. The van der Waals surface area contributed by atoms with Gasteiger partial charge in [-0.3, -0.25) is 9.59 Å². The second kappa shape index (κ2) is 7.13. The molecule has 0 spiro atoms. The van der Waals surface area contributed by atoms with Crippen molar-refractivity contribution >= 4 is 17.5 Å². The molecule has 2 aromatic rings. The van der Waals surface area contributed by atoms with Crippen LogP contribution in [-0.4, -0.2) is 22.2 Å². The summed E-state index contributed by atoms with van der Waals surface area (Å²) in [5, 5.41) is 7.00. The minimum Gasteiger partial charge on any atom is -0.350 e. The summed E-state index contributed by atoms with van der Waals surface area (Å²) in [6.07, 6.45) is 3.91. The first kappa shape index (κ1) is 16.6. The molecule has 1 amide bonds. The number of aryl methyl sites for hydroxylation is 2. The Kier molecular flexibility index (Phi) is 4.94. The van der Waals surface area contributed by atoms with E-state index in [1.165, 1.54) is 22.9 Å². The van der Waals surface area contributed by atoms with Gasteiger partial charge in [-0.2, -0.15) is 5.10 Å². The van der Waals surface area contributed by atoms with E-state index in [1.54, 1.807) is 6.07 Å². The fraction of sp³-hybridized carbons (Fsp3) is 0.353. The lowest BCUT2D eigenvalue weighted by Crippen LogP contribution is -2.33. The van der Waals surface area contributed by atoms with E-state index in [4.69, 9.17) is 11.6 Å². The van der Waals surface area contributed by atoms with Crippen LogP contribution in [0.2, 0.25) is 5.02 Å². The third kappa shape index (κ3) is 3.48. The molecule has 1 aliphatic carbocycles. The molecular weight excluding hydrogens is 333 g/mol. The van der Waals surface area contributed by atoms with Crippen molar-refractivity contribution in [3.63, 3.8) is 0 Å². The number of halogens is 2. The van der Waals surface area contributed by atoms with Crippen LogP contribution >= 0.6 is 11.6 Å². The average molecular weight is 350 g/mol. The summed E-state index contributed by atoms with van der Waals surface area (Å²) in [5.41, 5.74) is 1.59. The monoisotopic (exact) mass is 349 g/mol. The maximum atomic E-state index is 13.7. The van der Waals surface area contributed by atoms with Gasteiger partial charge in [0.25, 0.3) is 11.5 Å². The second-order valence-electron chi connectivity index (χ2n) is 5.74. The highest BCUT2D eigenvalue weighted by Gasteiger charge is 2.16. The number of hydrogen-bond donors (Lipinski definition) is 1. The molecule has 1 aromatic heterocycles. The molecule has 1 aliphatic rings. The van der Waals surface area contributed by atoms with Crippen molar-refractivity contribution in [3.8, 4) is 0 Å². The van der Waals surface area contributed by atoms with Crippen molar-refractivity contribution in [2.45, 2.75) is 32.2 Å². The molecule has 126 valence electrons. The van der Waals surface area contributed by atoms with Crippen molar-refractivity contribution < 1.29 is 9.18 Å². The van der Waals surface area contributed by atoms with Gasteiger partial charge in [0.15, 0.2) is 0 Å². The highest BCUT2D eigenvalue weighted by molar-refractivity contribution is 6.33. The minimum atomic E-state index is -0.677. The van der Waals surface area contributed by atoms with E-state index in [0.29, 0.717) is 0 Å². The SMILES string of the molecule is O=C(NCCn1nc2c(cc1=O)CCCC2)c1c(F)cccc1Cl. The molecule has 0 bridgehead atoms. The van der Waals surface area contributed by atoms with Gasteiger partial charge >= 0.3 is 0 Å². The van der Waals surface area contributed by atoms with Crippen LogP contribution < -0.4 is 10.9 Å². The number of carbonyl (C=O) groups is 1. The molecule has 0 fully saturated rings. The van der Waals surface area contributed by atoms with Gasteiger partial charge < -0.3 is 5.32 Å². The summed E-state index contributed by atoms with van der Waals surface area (Å²) in [4.78, 5) is 24.1. The lowest BCUT2D eigenvalue weighted by atomic mass is 9.97. The van der Waals surface area contributed by atoms with E-state index in [2.05, 4.69) is 10.4 Å². The molecule has 0 atom stereocenters. The van der Waals surface area contributed by atoms with Crippen LogP contribution in [0.1, 0.15) is 34.5 Å². The van der Waals surface area contributed by atoms with E-state index in [-0.39, 0.29) is 29.2 Å². The zero-order valence-electron chi connectivity index (χ0n) is 13.0. The number of hydrogen-bond acceptors (Lipinski definition) is 3. The van der Waals surface area contributed by atoms with Crippen LogP contribution in [0.15, 0.2) is 29.1 Å². The average Bonchev–Trinajstić information content (AvgIpc) is 2.55. The normalized spacial score (nSPS) is 13.4. The van der Waals surface area contributed by atoms with Crippen LogP contribution in [0.5, 0.6) is 0 Å². The Labute approximate surface area is 143 Å². The number of carbonyl (C=O) groups excluding carboxylic acids is 1. The molecule has 3 rings (SSSR count). The first-order valence-corrected chi connectivity index (χ1v) is 8.26. The van der Waals surface area contributed by atoms with Crippen LogP contribution in [0.4, 0.5) is 4.39 Å². The smallest absolute Gasteiger partial charge is 0.267 e. The molecule has 7 heteroatoms. The Morgan fingerprint density at radius 1 is 1.33 bits per heavy atom. The van der Waals surface area contributed by atoms with E-state index in [0.717, 1.165) is 36.9 Å². The van der Waals surface area contributed by atoms with Gasteiger partial charge in [-0.05, 0) is 43.4 Å². The molecule has 5 nitrogen and oxygen atoms in total. The number of rotatable bonds is 4. The highest BCUT2D eigenvalue weighted by atomic mass is 35.5. The predicted octanol–water partition coefficient (Wildman–Crippen LogP) is 2.34. The van der Waals surface area contributed by atoms with Crippen LogP contribution in [-0.2, 0) is 19.4 Å². The largest absolute Gasteiger partial charge is 0.350 e. The van der Waals surface area contributed by atoms with Crippen LogP contribution in [0.25, 0.3) is 0 Å². The van der Waals surface area contributed by atoms with E-state index < -0.39 is 11.7 Å². The molecule has 0 radical (unpaired) electrons. The zero-order chi connectivity index (χ0) is 17.1. The zero-order valence-corrected chi connectivity index (χ0v) is 13.8. The Hall–Kier alpha value is -2.21. The number of fused-ring (bicyclic) bond motifs is 1. The summed E-state index contributed by atoms with van der Waals surface area (Å²) < 4.78 is 15.0. The summed E-state index contributed by atoms with van der Waals surface area (Å²) in [6, 6.07) is 5.69. The third-order valence-corrected chi connectivity index (χ3v) is 4.39. The quantitative estimate of drug-likeness (QED) is 0.921. The van der Waals surface area contributed by atoms with Crippen molar-refractivity contribution in [2.24, 2.45) is 0 Å². The molecule has 24 heavy (non-hydrogen) atoms. The highest BCUT2D eigenvalue weighted by Crippen LogP contribution is 2.19. The molecule has 1 N–H and O–H groups in total. The van der Waals surface area contributed by atoms with Gasteiger partial charge in [0.1, 0.15) is 5.82 Å². The number of aromatic nitrogens is 2. The topological polar surface area (TPSA) is 64.0 Å². The number of benzene rings is 1. The van der Waals surface area contributed by atoms with Gasteiger partial charge in [-0.15, -0.1) is 0 Å². The van der Waals surface area contributed by atoms with Gasteiger partial charge in [0.2, 0.25) is 0 Å². The number of amides is 1. The Morgan fingerprint density at radius 3 is 2.92 bits per heavy atom. The molecule has 0 saturated heterocycles. The van der Waals surface area contributed by atoms with Crippen LogP contribution in [0, 0.1) is 5.82 Å². The fourth-order valence-corrected chi connectivity index (χ4v) is 3.09. The first-order chi connectivity index (χ1) is 11.6. The molecule has 1 heterocycles. The number of nitrogens with one attached hydrogen (secondary N) is 1. The van der Waals surface area contributed by atoms with Gasteiger partial charge in [0, 0.05) is 12.6 Å². The van der Waals surface area contributed by atoms with E-state index >= 15 is 0 Å². The Morgan fingerprint density at radius 2 is 2.12 bits per heavy atom. The second-order valence-corrected chi connectivity index (χ2v) is 6.14. The molecule has 0 unspecified atom stereocenters. The van der Waals surface area contributed by atoms with Crippen molar-refractivity contribution in [2.75, 3.05) is 6.54 Å². The van der Waals surface area contributed by atoms with E-state index in [1.807, 2.05) is 0 Å². The summed E-state index contributed by atoms with van der Waals surface area (Å²) in [6.45, 7) is 0.388. The Balaban J connectivity index is 1.66. The minimum absolute atomic E-state index is 0.0524. The lowest BCUT2D eigenvalue weighted by Gasteiger charge is -2.16. The van der Waals surface area contributed by atoms with Gasteiger partial charge in [-0.25, -0.2) is 9.07 Å². The fourth-order valence-electron chi connectivity index (χ4n) is 2.84. The van der Waals surface area contributed by atoms with Crippen LogP contribution in [0.3, 0.4) is 0 Å². The molecular formula is C17H17ClFN3O2. The molecule has 0 saturated carbocycles. The third-order valence-electron chi connectivity index (χ3n) is 4.07. The standard InChI is InChI=1S/C17H17ClFN3O2/c18-12-5-3-6-13(19)16(12)17(24)20-8-9-22-15(23)10-11-4-1-2-7-14(11)21-22/h3,5-6,10H,1-2,4,7-9H2,(H,20,24). The van der Waals surface area contributed by atoms with Crippen molar-refractivity contribution in [3.05, 3.63) is 62.3 Å². The summed E-state index contributed by atoms with van der Waals surface area (Å²) in [7, 11) is 0. The van der Waals surface area contributed by atoms with Gasteiger partial charge in [-0.1, -0.05) is 17.7 Å². The molecule has 1 aromatic carbocycles. The summed E-state index contributed by atoms with van der Waals surface area (Å²) in [5.74, 6) is -1.28. The van der Waals surface area contributed by atoms with Crippen molar-refractivity contribution in [1.82, 2.24) is 15.1 Å². The Bertz CT molecular complexity index is 815. The number of nitrogens with zero attached hydrogens (tertiary/aromatic N) is 2. The molecule has 0 aliphatic heterocycles. The van der Waals surface area contributed by atoms with E-state index in [9.17, 15) is 14.0 Å². The first-order valence-electron chi connectivity index (χ1n) is 7.88. The summed E-state index contributed by atoms with van der Waals surface area (Å²) >= 11 is 5.86. The lowest BCUT2D eigenvalue weighted by molar-refractivity contribution is 0.0948. The maximum Gasteiger partial charge on any atom is 0.267 e. The van der Waals surface area contributed by atoms with Gasteiger partial charge in [0.05, 0.1) is 22.8 Å². The van der Waals surface area contributed by atoms with Crippen molar-refractivity contribution in [1.29, 1.82) is 0 Å².